The maximum absolute atomic E-state index is 4.35. The summed E-state index contributed by atoms with van der Waals surface area (Å²) >= 11 is 0. The molecule has 2 nitrogen and oxygen atoms in total. The smallest absolute Gasteiger partial charge is 0.0568 e. The third kappa shape index (κ3) is 1.33. The van der Waals surface area contributed by atoms with Gasteiger partial charge in [0.05, 0.1) is 12.2 Å². The van der Waals surface area contributed by atoms with E-state index >= 15 is 0 Å². The highest BCUT2D eigenvalue weighted by Gasteiger charge is 2.24. The molecule has 1 aliphatic rings. The van der Waals surface area contributed by atoms with Crippen LogP contribution in [0.4, 0.5) is 0 Å². The van der Waals surface area contributed by atoms with Gasteiger partial charge in [-0.2, -0.15) is 5.10 Å². The summed E-state index contributed by atoms with van der Waals surface area (Å²) in [5.41, 5.74) is 2.29. The third-order valence-electron chi connectivity index (χ3n) is 2.54. The molecule has 14 heavy (non-hydrogen) atoms. The molecular weight excluding hydrogens is 172 g/mol. The van der Waals surface area contributed by atoms with Crippen LogP contribution in [0.25, 0.3) is 11.1 Å². The number of aromatic nitrogens is 2. The molecule has 1 aliphatic carbocycles. The van der Waals surface area contributed by atoms with E-state index in [0.717, 1.165) is 11.1 Å². The summed E-state index contributed by atoms with van der Waals surface area (Å²) in [7, 11) is 0. The minimum Gasteiger partial charge on any atom is -0.269 e. The van der Waals surface area contributed by atoms with E-state index in [0.29, 0.717) is 6.04 Å². The Kier molecular flexibility index (Phi) is 1.66. The van der Waals surface area contributed by atoms with Crippen molar-refractivity contribution in [2.45, 2.75) is 18.9 Å². The first kappa shape index (κ1) is 7.80. The molecule has 0 aliphatic heterocycles. The molecule has 1 radical (unpaired) electrons. The van der Waals surface area contributed by atoms with Gasteiger partial charge in [-0.05, 0) is 24.5 Å². The first-order valence-electron chi connectivity index (χ1n) is 4.95. The molecule has 0 atom stereocenters. The zero-order valence-electron chi connectivity index (χ0n) is 7.85. The van der Waals surface area contributed by atoms with Crippen LogP contribution in [0.1, 0.15) is 18.9 Å². The Morgan fingerprint density at radius 1 is 1.36 bits per heavy atom. The van der Waals surface area contributed by atoms with Gasteiger partial charge in [0.1, 0.15) is 0 Å². The van der Waals surface area contributed by atoms with E-state index < -0.39 is 0 Å². The van der Waals surface area contributed by atoms with E-state index in [9.17, 15) is 0 Å². The van der Waals surface area contributed by atoms with Crippen LogP contribution >= 0.6 is 0 Å². The lowest BCUT2D eigenvalue weighted by Crippen LogP contribution is -1.91. The summed E-state index contributed by atoms with van der Waals surface area (Å²) in [4.78, 5) is 0. The molecule has 0 spiro atoms. The molecule has 69 valence electrons. The van der Waals surface area contributed by atoms with Crippen LogP contribution in [-0.4, -0.2) is 9.78 Å². The Bertz CT molecular complexity index is 427. The Labute approximate surface area is 83.2 Å². The second-order valence-corrected chi connectivity index (χ2v) is 3.72. The van der Waals surface area contributed by atoms with Gasteiger partial charge in [0, 0.05) is 11.8 Å². The summed E-state index contributed by atoms with van der Waals surface area (Å²) in [6.45, 7) is 0. The van der Waals surface area contributed by atoms with Crippen molar-refractivity contribution in [2.24, 2.45) is 0 Å². The second-order valence-electron chi connectivity index (χ2n) is 3.72. The SMILES string of the molecule is [c]1ccccc1-c1cnn(C2CC2)c1. The lowest BCUT2D eigenvalue weighted by molar-refractivity contribution is 0.642. The first-order valence-corrected chi connectivity index (χ1v) is 4.95. The van der Waals surface area contributed by atoms with E-state index in [1.165, 1.54) is 12.8 Å². The standard InChI is InChI=1S/C12H11N2/c1-2-4-10(5-3-1)11-8-13-14(9-11)12-6-7-12/h1-4,8-9,12H,6-7H2. The highest BCUT2D eigenvalue weighted by Crippen LogP contribution is 2.35. The Morgan fingerprint density at radius 3 is 3.00 bits per heavy atom. The second kappa shape index (κ2) is 2.98. The number of rotatable bonds is 2. The van der Waals surface area contributed by atoms with Crippen LogP contribution in [0.2, 0.25) is 0 Å². The van der Waals surface area contributed by atoms with E-state index in [-0.39, 0.29) is 0 Å². The topological polar surface area (TPSA) is 17.8 Å². The van der Waals surface area contributed by atoms with Gasteiger partial charge in [0.25, 0.3) is 0 Å². The largest absolute Gasteiger partial charge is 0.269 e. The fraction of sp³-hybridized carbons (Fsp3) is 0.250. The van der Waals surface area contributed by atoms with Crippen molar-refractivity contribution in [2.75, 3.05) is 0 Å². The van der Waals surface area contributed by atoms with Crippen LogP contribution < -0.4 is 0 Å². The van der Waals surface area contributed by atoms with Crippen molar-refractivity contribution in [3.05, 3.63) is 42.7 Å². The van der Waals surface area contributed by atoms with Gasteiger partial charge >= 0.3 is 0 Å². The summed E-state index contributed by atoms with van der Waals surface area (Å²) in [5, 5.41) is 4.35. The minimum absolute atomic E-state index is 0.660. The van der Waals surface area contributed by atoms with Gasteiger partial charge in [-0.1, -0.05) is 24.3 Å². The Hall–Kier alpha value is -1.57. The zero-order valence-corrected chi connectivity index (χ0v) is 7.85. The molecule has 1 aromatic carbocycles. The lowest BCUT2D eigenvalue weighted by atomic mass is 10.1. The molecule has 2 aromatic rings. The maximum Gasteiger partial charge on any atom is 0.0568 e. The van der Waals surface area contributed by atoms with Gasteiger partial charge in [-0.15, -0.1) is 0 Å². The minimum atomic E-state index is 0.660. The first-order chi connectivity index (χ1) is 6.93. The number of hydrogen-bond acceptors (Lipinski definition) is 1. The van der Waals surface area contributed by atoms with E-state index in [1.54, 1.807) is 0 Å². The van der Waals surface area contributed by atoms with Gasteiger partial charge in [0.2, 0.25) is 0 Å². The summed E-state index contributed by atoms with van der Waals surface area (Å²) in [5.74, 6) is 0. The molecule has 1 fully saturated rings. The normalized spacial score (nSPS) is 15.7. The predicted molar refractivity (Wildman–Crippen MR) is 54.8 cm³/mol. The van der Waals surface area contributed by atoms with Crippen molar-refractivity contribution in [3.63, 3.8) is 0 Å². The summed E-state index contributed by atoms with van der Waals surface area (Å²) in [6, 6.07) is 11.9. The summed E-state index contributed by atoms with van der Waals surface area (Å²) < 4.78 is 2.07. The van der Waals surface area contributed by atoms with Crippen molar-refractivity contribution in [1.82, 2.24) is 9.78 Å². The molecule has 2 heteroatoms. The van der Waals surface area contributed by atoms with Gasteiger partial charge in [0.15, 0.2) is 0 Å². The molecule has 0 unspecified atom stereocenters. The van der Waals surface area contributed by atoms with E-state index in [2.05, 4.69) is 28.1 Å². The fourth-order valence-corrected chi connectivity index (χ4v) is 1.59. The average Bonchev–Trinajstić information content (AvgIpc) is 2.98. The van der Waals surface area contributed by atoms with Crippen molar-refractivity contribution < 1.29 is 0 Å². The Morgan fingerprint density at radius 2 is 2.29 bits per heavy atom. The van der Waals surface area contributed by atoms with E-state index in [4.69, 9.17) is 0 Å². The summed E-state index contributed by atoms with van der Waals surface area (Å²) in [6.07, 6.45) is 6.59. The molecule has 3 rings (SSSR count). The maximum atomic E-state index is 4.35. The molecule has 0 bridgehead atoms. The predicted octanol–water partition coefficient (Wildman–Crippen LogP) is 2.69. The lowest BCUT2D eigenvalue weighted by Gasteiger charge is -1.95. The van der Waals surface area contributed by atoms with Crippen LogP contribution in [0.5, 0.6) is 0 Å². The molecule has 0 amide bonds. The average molecular weight is 183 g/mol. The van der Waals surface area contributed by atoms with E-state index in [1.807, 2.05) is 24.4 Å². The molecule has 1 heterocycles. The van der Waals surface area contributed by atoms with Crippen LogP contribution in [0, 0.1) is 6.07 Å². The molecule has 1 aromatic heterocycles. The van der Waals surface area contributed by atoms with Gasteiger partial charge in [-0.25, -0.2) is 0 Å². The van der Waals surface area contributed by atoms with Crippen LogP contribution in [-0.2, 0) is 0 Å². The highest BCUT2D eigenvalue weighted by atomic mass is 15.3. The van der Waals surface area contributed by atoms with Crippen molar-refractivity contribution >= 4 is 0 Å². The molecule has 0 N–H and O–H groups in total. The highest BCUT2D eigenvalue weighted by molar-refractivity contribution is 5.60. The third-order valence-corrected chi connectivity index (χ3v) is 2.54. The number of hydrogen-bond donors (Lipinski definition) is 0. The van der Waals surface area contributed by atoms with Crippen LogP contribution in [0.15, 0.2) is 36.7 Å². The van der Waals surface area contributed by atoms with Gasteiger partial charge < -0.3 is 0 Å². The quantitative estimate of drug-likeness (QED) is 0.700. The molecular formula is C12H11N2. The number of nitrogens with zero attached hydrogens (tertiary/aromatic N) is 2. The molecule has 0 saturated heterocycles. The van der Waals surface area contributed by atoms with Crippen molar-refractivity contribution in [3.8, 4) is 11.1 Å². The van der Waals surface area contributed by atoms with Crippen LogP contribution in [0.3, 0.4) is 0 Å². The van der Waals surface area contributed by atoms with Crippen molar-refractivity contribution in [1.29, 1.82) is 0 Å². The monoisotopic (exact) mass is 183 g/mol. The number of benzene rings is 1. The Balaban J connectivity index is 1.96. The fourth-order valence-electron chi connectivity index (χ4n) is 1.59. The zero-order chi connectivity index (χ0) is 9.38. The van der Waals surface area contributed by atoms with Gasteiger partial charge in [-0.3, -0.25) is 4.68 Å². The molecule has 1 saturated carbocycles.